The molecule has 2 rings (SSSR count). The zero-order chi connectivity index (χ0) is 21.0. The fraction of sp³-hybridized carbons (Fsp3) is 0.682. The van der Waals surface area contributed by atoms with Gasteiger partial charge in [0, 0.05) is 58.5 Å². The lowest BCUT2D eigenvalue weighted by molar-refractivity contribution is 0.0531. The third-order valence-electron chi connectivity index (χ3n) is 5.46. The Morgan fingerprint density at radius 3 is 2.53 bits per heavy atom. The average molecular weight is 536 g/mol. The van der Waals surface area contributed by atoms with Crippen molar-refractivity contribution < 1.29 is 13.9 Å². The zero-order valence-corrected chi connectivity index (χ0v) is 20.9. The second-order valence-corrected chi connectivity index (χ2v) is 7.67. The molecule has 2 N–H and O–H groups in total. The first-order valence-electron chi connectivity index (χ1n) is 10.6. The van der Waals surface area contributed by atoms with E-state index in [0.29, 0.717) is 19.8 Å². The zero-order valence-electron chi connectivity index (χ0n) is 18.6. The number of hydrogen-bond acceptors (Lipinski definition) is 4. The quantitative estimate of drug-likeness (QED) is 0.197. The molecule has 1 aromatic carbocycles. The van der Waals surface area contributed by atoms with E-state index >= 15 is 0 Å². The molecule has 0 unspecified atom stereocenters. The maximum absolute atomic E-state index is 13.4. The van der Waals surface area contributed by atoms with Gasteiger partial charge in [-0.3, -0.25) is 4.99 Å². The van der Waals surface area contributed by atoms with Crippen LogP contribution in [0.15, 0.2) is 29.3 Å². The van der Waals surface area contributed by atoms with Crippen molar-refractivity contribution in [1.82, 2.24) is 15.5 Å². The predicted octanol–water partition coefficient (Wildman–Crippen LogP) is 3.02. The Balaban J connectivity index is 0.00000450. The van der Waals surface area contributed by atoms with E-state index < -0.39 is 0 Å². The average Bonchev–Trinajstić information content (AvgIpc) is 2.73. The highest BCUT2D eigenvalue weighted by molar-refractivity contribution is 14.0. The second kappa shape index (κ2) is 14.9. The first kappa shape index (κ1) is 27.1. The van der Waals surface area contributed by atoms with Crippen LogP contribution in [0.25, 0.3) is 0 Å². The van der Waals surface area contributed by atoms with Gasteiger partial charge >= 0.3 is 0 Å². The molecule has 0 aromatic heterocycles. The Morgan fingerprint density at radius 2 is 1.90 bits per heavy atom. The molecule has 6 nitrogen and oxygen atoms in total. The summed E-state index contributed by atoms with van der Waals surface area (Å²) in [4.78, 5) is 7.17. The Labute approximate surface area is 198 Å². The van der Waals surface area contributed by atoms with Crippen LogP contribution in [0.4, 0.5) is 4.39 Å². The van der Waals surface area contributed by atoms with Gasteiger partial charge in [-0.25, -0.2) is 4.39 Å². The molecule has 0 aliphatic carbocycles. The molecule has 0 spiro atoms. The number of methoxy groups -OCH3 is 1. The van der Waals surface area contributed by atoms with Gasteiger partial charge in [0.1, 0.15) is 5.82 Å². The summed E-state index contributed by atoms with van der Waals surface area (Å²) < 4.78 is 24.1. The first-order valence-corrected chi connectivity index (χ1v) is 10.6. The summed E-state index contributed by atoms with van der Waals surface area (Å²) in [5, 5.41) is 6.77. The van der Waals surface area contributed by atoms with Gasteiger partial charge in [0.05, 0.1) is 6.54 Å². The number of aliphatic imine (C=N–C) groups is 1. The van der Waals surface area contributed by atoms with Crippen molar-refractivity contribution in [3.05, 3.63) is 35.6 Å². The monoisotopic (exact) mass is 536 g/mol. The molecular weight excluding hydrogens is 498 g/mol. The fourth-order valence-electron chi connectivity index (χ4n) is 3.63. The smallest absolute Gasteiger partial charge is 0.191 e. The number of hydrogen-bond donors (Lipinski definition) is 2. The molecule has 1 aliphatic rings. The second-order valence-electron chi connectivity index (χ2n) is 7.67. The minimum Gasteiger partial charge on any atom is -0.385 e. The van der Waals surface area contributed by atoms with Gasteiger partial charge < -0.3 is 25.0 Å². The lowest BCUT2D eigenvalue weighted by Gasteiger charge is -2.36. The predicted molar refractivity (Wildman–Crippen MR) is 132 cm³/mol. The van der Waals surface area contributed by atoms with Crippen LogP contribution in [0.3, 0.4) is 0 Å². The molecule has 0 radical (unpaired) electrons. The molecule has 0 atom stereocenters. The van der Waals surface area contributed by atoms with Crippen molar-refractivity contribution in [2.75, 3.05) is 66.7 Å². The molecule has 8 heteroatoms. The summed E-state index contributed by atoms with van der Waals surface area (Å²) in [7, 11) is 3.85. The number of rotatable bonds is 11. The van der Waals surface area contributed by atoms with Crippen molar-refractivity contribution in [2.24, 2.45) is 4.99 Å². The summed E-state index contributed by atoms with van der Waals surface area (Å²) >= 11 is 0. The maximum atomic E-state index is 13.4. The standard InChI is InChI=1S/C22H37FN4O2.HI/c1-4-24-21(25-12-14-27(2)13-5-15-28-3)26-18-22(10-16-29-17-11-22)19-6-8-20(23)9-7-19;/h6-9H,4-5,10-18H2,1-3H3,(H2,24,25,26);1H. The summed E-state index contributed by atoms with van der Waals surface area (Å²) in [5.41, 5.74) is 1.03. The third kappa shape index (κ3) is 9.03. The largest absolute Gasteiger partial charge is 0.385 e. The maximum Gasteiger partial charge on any atom is 0.191 e. The van der Waals surface area contributed by atoms with E-state index in [9.17, 15) is 4.39 Å². The SMILES string of the molecule is CCNC(=NCC1(c2ccc(F)cc2)CCOCC1)NCCN(C)CCCOC.I. The normalized spacial score (nSPS) is 16.2. The van der Waals surface area contributed by atoms with Crippen molar-refractivity contribution in [2.45, 2.75) is 31.6 Å². The van der Waals surface area contributed by atoms with E-state index in [4.69, 9.17) is 14.5 Å². The molecule has 1 saturated heterocycles. The van der Waals surface area contributed by atoms with Crippen LogP contribution in [-0.2, 0) is 14.9 Å². The molecule has 1 heterocycles. The molecule has 30 heavy (non-hydrogen) atoms. The van der Waals surface area contributed by atoms with Crippen LogP contribution in [0, 0.1) is 5.82 Å². The van der Waals surface area contributed by atoms with E-state index in [1.807, 2.05) is 12.1 Å². The van der Waals surface area contributed by atoms with Crippen molar-refractivity contribution in [3.63, 3.8) is 0 Å². The summed E-state index contributed by atoms with van der Waals surface area (Å²) in [6, 6.07) is 6.87. The van der Waals surface area contributed by atoms with Crippen LogP contribution < -0.4 is 10.6 Å². The number of ether oxygens (including phenoxy) is 2. The van der Waals surface area contributed by atoms with Crippen LogP contribution in [0.2, 0.25) is 0 Å². The Hall–Kier alpha value is -0.970. The number of nitrogens with zero attached hydrogens (tertiary/aromatic N) is 2. The highest BCUT2D eigenvalue weighted by atomic mass is 127. The Kier molecular flexibility index (Phi) is 13.5. The lowest BCUT2D eigenvalue weighted by Crippen LogP contribution is -2.43. The van der Waals surface area contributed by atoms with E-state index in [0.717, 1.165) is 63.6 Å². The van der Waals surface area contributed by atoms with Crippen LogP contribution >= 0.6 is 24.0 Å². The summed E-state index contributed by atoms with van der Waals surface area (Å²) in [6.45, 7) is 8.51. The van der Waals surface area contributed by atoms with Gasteiger partial charge in [-0.1, -0.05) is 12.1 Å². The number of guanidine groups is 1. The van der Waals surface area contributed by atoms with Gasteiger partial charge in [0.2, 0.25) is 0 Å². The van der Waals surface area contributed by atoms with E-state index in [1.165, 1.54) is 0 Å². The number of benzene rings is 1. The van der Waals surface area contributed by atoms with Gasteiger partial charge in [-0.05, 0) is 50.9 Å². The molecule has 1 fully saturated rings. The minimum absolute atomic E-state index is 0. The summed E-state index contributed by atoms with van der Waals surface area (Å²) in [5.74, 6) is 0.620. The van der Waals surface area contributed by atoms with Gasteiger partial charge in [0.15, 0.2) is 5.96 Å². The lowest BCUT2D eigenvalue weighted by atomic mass is 9.74. The molecule has 0 bridgehead atoms. The number of nitrogens with one attached hydrogen (secondary N) is 2. The Morgan fingerprint density at radius 1 is 1.20 bits per heavy atom. The first-order chi connectivity index (χ1) is 14.1. The van der Waals surface area contributed by atoms with Crippen molar-refractivity contribution in [1.29, 1.82) is 0 Å². The summed E-state index contributed by atoms with van der Waals surface area (Å²) in [6.07, 6.45) is 2.82. The van der Waals surface area contributed by atoms with Crippen molar-refractivity contribution in [3.8, 4) is 0 Å². The number of halogens is 2. The van der Waals surface area contributed by atoms with Crippen LogP contribution in [0.5, 0.6) is 0 Å². The van der Waals surface area contributed by atoms with E-state index in [1.54, 1.807) is 19.2 Å². The van der Waals surface area contributed by atoms with Crippen LogP contribution in [0.1, 0.15) is 31.7 Å². The highest BCUT2D eigenvalue weighted by Gasteiger charge is 2.34. The molecule has 1 aliphatic heterocycles. The molecule has 1 aromatic rings. The molecule has 0 amide bonds. The topological polar surface area (TPSA) is 58.1 Å². The highest BCUT2D eigenvalue weighted by Crippen LogP contribution is 2.35. The van der Waals surface area contributed by atoms with E-state index in [-0.39, 0.29) is 35.2 Å². The molecular formula is C22H38FIN4O2. The molecule has 172 valence electrons. The van der Waals surface area contributed by atoms with Gasteiger partial charge in [0.25, 0.3) is 0 Å². The minimum atomic E-state index is -0.205. The van der Waals surface area contributed by atoms with E-state index in [2.05, 4.69) is 29.5 Å². The van der Waals surface area contributed by atoms with Gasteiger partial charge in [-0.2, -0.15) is 0 Å². The van der Waals surface area contributed by atoms with Crippen molar-refractivity contribution >= 4 is 29.9 Å². The van der Waals surface area contributed by atoms with Crippen LogP contribution in [-0.4, -0.2) is 77.6 Å². The Bertz CT molecular complexity index is 610. The van der Waals surface area contributed by atoms with Gasteiger partial charge in [-0.15, -0.1) is 24.0 Å². The molecule has 0 saturated carbocycles. The number of likely N-dealkylation sites (N-methyl/N-ethyl adjacent to an activating group) is 1. The third-order valence-corrected chi connectivity index (χ3v) is 5.46. The fourth-order valence-corrected chi connectivity index (χ4v) is 3.63.